The molecule has 0 spiro atoms. The Bertz CT molecular complexity index is 1270. The van der Waals surface area contributed by atoms with Gasteiger partial charge in [0.05, 0.1) is 20.5 Å². The smallest absolute Gasteiger partial charge is 0.228 e. The highest BCUT2D eigenvalue weighted by atomic mass is 16.5. The van der Waals surface area contributed by atoms with E-state index in [2.05, 4.69) is 24.0 Å². The molecule has 4 aromatic rings. The number of fused-ring (bicyclic) bond motifs is 2. The van der Waals surface area contributed by atoms with Crippen LogP contribution in [0.3, 0.4) is 0 Å². The highest BCUT2D eigenvalue weighted by Crippen LogP contribution is 2.34. The van der Waals surface area contributed by atoms with Crippen LogP contribution in [0.1, 0.15) is 23.6 Å². The molecular formula is C24H28N6O3. The van der Waals surface area contributed by atoms with Crippen molar-refractivity contribution in [2.75, 3.05) is 39.3 Å². The van der Waals surface area contributed by atoms with Gasteiger partial charge in [0, 0.05) is 45.0 Å². The third kappa shape index (κ3) is 3.89. The van der Waals surface area contributed by atoms with Gasteiger partial charge in [-0.15, -0.1) is 5.10 Å². The number of hydrogen-bond acceptors (Lipinski definition) is 8. The second-order valence-electron chi connectivity index (χ2n) is 8.18. The lowest BCUT2D eigenvalue weighted by Gasteiger charge is -2.29. The van der Waals surface area contributed by atoms with E-state index in [9.17, 15) is 0 Å². The van der Waals surface area contributed by atoms with Crippen molar-refractivity contribution in [2.24, 2.45) is 0 Å². The Kier molecular flexibility index (Phi) is 5.63. The molecule has 9 heteroatoms. The molecule has 0 atom stereocenters. The largest absolute Gasteiger partial charge is 0.493 e. The lowest BCUT2D eigenvalue weighted by Crippen LogP contribution is -2.30. The molecule has 5 rings (SSSR count). The van der Waals surface area contributed by atoms with Gasteiger partial charge in [-0.3, -0.25) is 4.90 Å². The number of furan rings is 1. The predicted octanol–water partition coefficient (Wildman–Crippen LogP) is 3.42. The van der Waals surface area contributed by atoms with Crippen LogP contribution in [0.4, 0.5) is 5.95 Å². The Hall–Kier alpha value is -3.59. The third-order valence-corrected chi connectivity index (χ3v) is 6.17. The Morgan fingerprint density at radius 2 is 1.94 bits per heavy atom. The van der Waals surface area contributed by atoms with E-state index in [1.807, 2.05) is 34.8 Å². The minimum absolute atomic E-state index is 0.556. The van der Waals surface area contributed by atoms with E-state index in [-0.39, 0.29) is 0 Å². The van der Waals surface area contributed by atoms with E-state index in [0.29, 0.717) is 11.6 Å². The summed E-state index contributed by atoms with van der Waals surface area (Å²) in [5.74, 6) is 3.49. The van der Waals surface area contributed by atoms with E-state index >= 15 is 0 Å². The van der Waals surface area contributed by atoms with Gasteiger partial charge in [0.15, 0.2) is 22.9 Å². The van der Waals surface area contributed by atoms with Crippen LogP contribution in [0.2, 0.25) is 0 Å². The molecule has 0 unspecified atom stereocenters. The minimum Gasteiger partial charge on any atom is -0.493 e. The van der Waals surface area contributed by atoms with Gasteiger partial charge in [-0.2, -0.15) is 4.52 Å². The molecule has 4 heterocycles. The van der Waals surface area contributed by atoms with Crippen molar-refractivity contribution in [2.45, 2.75) is 26.4 Å². The Labute approximate surface area is 192 Å². The van der Waals surface area contributed by atoms with Gasteiger partial charge in [-0.25, -0.2) is 9.97 Å². The number of ether oxygens (including phenoxy) is 2. The van der Waals surface area contributed by atoms with Gasteiger partial charge in [-0.1, -0.05) is 0 Å². The van der Waals surface area contributed by atoms with E-state index in [1.54, 1.807) is 20.5 Å². The van der Waals surface area contributed by atoms with E-state index < -0.39 is 0 Å². The molecular weight excluding hydrogens is 420 g/mol. The van der Waals surface area contributed by atoms with Gasteiger partial charge in [0.2, 0.25) is 11.8 Å². The molecule has 1 aliphatic heterocycles. The zero-order chi connectivity index (χ0) is 22.9. The number of rotatable bonds is 7. The quantitative estimate of drug-likeness (QED) is 0.425. The van der Waals surface area contributed by atoms with Gasteiger partial charge in [0.25, 0.3) is 0 Å². The molecule has 0 amide bonds. The first-order valence-electron chi connectivity index (χ1n) is 11.1. The Balaban J connectivity index is 1.48. The summed E-state index contributed by atoms with van der Waals surface area (Å²) in [5.41, 5.74) is 4.37. The molecule has 3 aromatic heterocycles. The average Bonchev–Trinajstić information content (AvgIpc) is 3.53. The summed E-state index contributed by atoms with van der Waals surface area (Å²) in [7, 11) is 5.34. The fraction of sp³-hybridized carbons (Fsp3) is 0.375. The van der Waals surface area contributed by atoms with Gasteiger partial charge >= 0.3 is 0 Å². The zero-order valence-corrected chi connectivity index (χ0v) is 19.4. The SMILES string of the molecule is CCN(C)c1ncc(CN2CCc3cc(OC)c(OC)cc3C2)c2nc(-c3ccco3)nn12. The third-order valence-electron chi connectivity index (χ3n) is 6.17. The first-order valence-corrected chi connectivity index (χ1v) is 11.1. The number of hydrogen-bond donors (Lipinski definition) is 0. The fourth-order valence-corrected chi connectivity index (χ4v) is 4.25. The minimum atomic E-state index is 0.556. The lowest BCUT2D eigenvalue weighted by molar-refractivity contribution is 0.244. The maximum atomic E-state index is 5.54. The predicted molar refractivity (Wildman–Crippen MR) is 125 cm³/mol. The van der Waals surface area contributed by atoms with Crippen molar-refractivity contribution in [3.63, 3.8) is 0 Å². The maximum absolute atomic E-state index is 5.54. The molecule has 0 saturated heterocycles. The molecule has 1 aliphatic rings. The van der Waals surface area contributed by atoms with Crippen LogP contribution in [0.5, 0.6) is 11.5 Å². The van der Waals surface area contributed by atoms with Crippen LogP contribution in [-0.4, -0.2) is 58.8 Å². The molecule has 33 heavy (non-hydrogen) atoms. The first kappa shape index (κ1) is 21.3. The second kappa shape index (κ2) is 8.74. The molecule has 1 aromatic carbocycles. The van der Waals surface area contributed by atoms with Crippen molar-refractivity contribution in [1.82, 2.24) is 24.5 Å². The summed E-state index contributed by atoms with van der Waals surface area (Å²) in [6.07, 6.45) is 4.50. The summed E-state index contributed by atoms with van der Waals surface area (Å²) in [5, 5.41) is 4.71. The monoisotopic (exact) mass is 448 g/mol. The Morgan fingerprint density at radius 1 is 1.15 bits per heavy atom. The van der Waals surface area contributed by atoms with E-state index in [4.69, 9.17) is 29.0 Å². The van der Waals surface area contributed by atoms with E-state index in [0.717, 1.165) is 61.3 Å². The normalized spacial score (nSPS) is 13.8. The number of benzene rings is 1. The first-order chi connectivity index (χ1) is 16.1. The molecule has 0 N–H and O–H groups in total. The summed E-state index contributed by atoms with van der Waals surface area (Å²) in [6.45, 7) is 5.37. The average molecular weight is 449 g/mol. The van der Waals surface area contributed by atoms with Crippen LogP contribution in [-0.2, 0) is 19.5 Å². The van der Waals surface area contributed by atoms with Crippen LogP contribution < -0.4 is 14.4 Å². The highest BCUT2D eigenvalue weighted by molar-refractivity contribution is 5.58. The fourth-order valence-electron chi connectivity index (χ4n) is 4.25. The molecule has 0 saturated carbocycles. The number of methoxy groups -OCH3 is 2. The highest BCUT2D eigenvalue weighted by Gasteiger charge is 2.23. The van der Waals surface area contributed by atoms with Crippen molar-refractivity contribution in [3.05, 3.63) is 53.4 Å². The standard InChI is InChI=1S/C24H28N6O3/c1-5-28(2)24-25-13-18(23-26-22(27-30(23)24)19-7-6-10-33-19)15-29-9-8-16-11-20(31-3)21(32-4)12-17(16)14-29/h6-7,10-13H,5,8-9,14-15H2,1-4H3. The zero-order valence-electron chi connectivity index (χ0n) is 19.4. The number of anilines is 1. The molecule has 0 bridgehead atoms. The van der Waals surface area contributed by atoms with E-state index in [1.165, 1.54) is 11.1 Å². The van der Waals surface area contributed by atoms with Crippen molar-refractivity contribution >= 4 is 11.6 Å². The molecule has 0 fully saturated rings. The summed E-state index contributed by atoms with van der Waals surface area (Å²) in [6, 6.07) is 7.89. The maximum Gasteiger partial charge on any atom is 0.228 e. The summed E-state index contributed by atoms with van der Waals surface area (Å²) in [4.78, 5) is 14.0. The second-order valence-corrected chi connectivity index (χ2v) is 8.18. The molecule has 0 aliphatic carbocycles. The van der Waals surface area contributed by atoms with Gasteiger partial charge in [0.1, 0.15) is 0 Å². The van der Waals surface area contributed by atoms with Gasteiger partial charge < -0.3 is 18.8 Å². The number of aromatic nitrogens is 4. The van der Waals surface area contributed by atoms with Crippen LogP contribution in [0.25, 0.3) is 17.2 Å². The van der Waals surface area contributed by atoms with Crippen LogP contribution in [0, 0.1) is 0 Å². The molecule has 0 radical (unpaired) electrons. The van der Waals surface area contributed by atoms with Crippen LogP contribution >= 0.6 is 0 Å². The van der Waals surface area contributed by atoms with Crippen molar-refractivity contribution < 1.29 is 13.9 Å². The summed E-state index contributed by atoms with van der Waals surface area (Å²) >= 11 is 0. The van der Waals surface area contributed by atoms with Crippen molar-refractivity contribution in [3.8, 4) is 23.1 Å². The Morgan fingerprint density at radius 3 is 2.64 bits per heavy atom. The lowest BCUT2D eigenvalue weighted by atomic mass is 9.98. The van der Waals surface area contributed by atoms with Gasteiger partial charge in [-0.05, 0) is 48.7 Å². The van der Waals surface area contributed by atoms with Crippen LogP contribution in [0.15, 0.2) is 41.1 Å². The van der Waals surface area contributed by atoms with Crippen molar-refractivity contribution in [1.29, 1.82) is 0 Å². The molecule has 172 valence electrons. The summed E-state index contributed by atoms with van der Waals surface area (Å²) < 4.78 is 18.3. The molecule has 9 nitrogen and oxygen atoms in total. The topological polar surface area (TPSA) is 81.2 Å². The number of nitrogens with zero attached hydrogens (tertiary/aromatic N) is 6.